The molecular weight excluding hydrogens is 430 g/mol. The Morgan fingerprint density at radius 2 is 1.89 bits per heavy atom. The van der Waals surface area contributed by atoms with Gasteiger partial charge >= 0.3 is 0 Å². The first-order valence-electron chi connectivity index (χ1n) is 8.23. The molecule has 0 fully saturated rings. The van der Waals surface area contributed by atoms with Crippen molar-refractivity contribution >= 4 is 49.9 Å². The fraction of sp³-hybridized carbons (Fsp3) is 0.222. The van der Waals surface area contributed by atoms with Crippen molar-refractivity contribution in [2.45, 2.75) is 26.7 Å². The molecule has 3 aromatic rings. The van der Waals surface area contributed by atoms with Gasteiger partial charge in [-0.05, 0) is 34.0 Å². The van der Waals surface area contributed by atoms with Crippen molar-refractivity contribution in [3.05, 3.63) is 45.5 Å². The van der Waals surface area contributed by atoms with Crippen LogP contribution in [0.4, 0.5) is 10.8 Å². The average molecular weight is 448 g/mol. The third kappa shape index (κ3) is 4.42. The summed E-state index contributed by atoms with van der Waals surface area (Å²) in [5, 5.41) is 14.8. The van der Waals surface area contributed by atoms with Crippen molar-refractivity contribution in [3.8, 4) is 11.3 Å². The summed E-state index contributed by atoms with van der Waals surface area (Å²) in [4.78, 5) is 28.0. The Hall–Kier alpha value is -2.52. The van der Waals surface area contributed by atoms with Crippen LogP contribution in [-0.4, -0.2) is 27.0 Å². The van der Waals surface area contributed by atoms with E-state index in [9.17, 15) is 9.59 Å². The van der Waals surface area contributed by atoms with Crippen LogP contribution in [0, 0.1) is 0 Å². The molecule has 0 unspecified atom stereocenters. The van der Waals surface area contributed by atoms with Crippen LogP contribution in [-0.2, 0) is 4.79 Å². The smallest absolute Gasteiger partial charge is 0.279 e. The topological polar surface area (TPSA) is 99.8 Å². The van der Waals surface area contributed by atoms with Crippen molar-refractivity contribution in [1.82, 2.24) is 15.2 Å². The number of hydrogen-bond acceptors (Lipinski definition) is 5. The van der Waals surface area contributed by atoms with Crippen LogP contribution in [0.5, 0.6) is 0 Å². The Morgan fingerprint density at radius 1 is 1.19 bits per heavy atom. The summed E-state index contributed by atoms with van der Waals surface area (Å²) in [6.07, 6.45) is 0. The van der Waals surface area contributed by atoms with Gasteiger partial charge in [0.15, 0.2) is 10.8 Å². The first-order chi connectivity index (χ1) is 12.8. The largest absolute Gasteiger partial charge is 0.326 e. The highest BCUT2D eigenvalue weighted by Crippen LogP contribution is 2.28. The van der Waals surface area contributed by atoms with Gasteiger partial charge in [0.2, 0.25) is 5.91 Å². The van der Waals surface area contributed by atoms with E-state index >= 15 is 0 Å². The maximum Gasteiger partial charge on any atom is 0.279 e. The van der Waals surface area contributed by atoms with E-state index in [0.29, 0.717) is 15.3 Å². The quantitative estimate of drug-likeness (QED) is 0.530. The van der Waals surface area contributed by atoms with E-state index in [4.69, 9.17) is 0 Å². The van der Waals surface area contributed by atoms with Crippen molar-refractivity contribution in [2.24, 2.45) is 0 Å². The summed E-state index contributed by atoms with van der Waals surface area (Å²) in [5.74, 6) is -0.223. The van der Waals surface area contributed by atoms with Gasteiger partial charge in [0.1, 0.15) is 0 Å². The molecule has 3 N–H and O–H groups in total. The average Bonchev–Trinajstić information content (AvgIpc) is 3.21. The SMILES string of the molecule is CC(=O)Nc1ccc(-c2csc(NC(=O)c3n[nH]c(C(C)C)c3Br)n2)cc1. The molecule has 2 amide bonds. The minimum absolute atomic E-state index is 0.119. The van der Waals surface area contributed by atoms with Gasteiger partial charge in [-0.2, -0.15) is 5.10 Å². The van der Waals surface area contributed by atoms with Crippen molar-refractivity contribution in [1.29, 1.82) is 0 Å². The predicted molar refractivity (Wildman–Crippen MR) is 110 cm³/mol. The van der Waals surface area contributed by atoms with Gasteiger partial charge in [-0.25, -0.2) is 4.98 Å². The van der Waals surface area contributed by atoms with Crippen LogP contribution >= 0.6 is 27.3 Å². The number of carbonyl (C=O) groups is 2. The van der Waals surface area contributed by atoms with Crippen LogP contribution < -0.4 is 10.6 Å². The van der Waals surface area contributed by atoms with E-state index in [0.717, 1.165) is 22.6 Å². The third-order valence-electron chi connectivity index (χ3n) is 3.75. The lowest BCUT2D eigenvalue weighted by molar-refractivity contribution is -0.114. The van der Waals surface area contributed by atoms with E-state index in [1.807, 2.05) is 43.5 Å². The Balaban J connectivity index is 1.72. The molecule has 9 heteroatoms. The fourth-order valence-corrected chi connectivity index (χ4v) is 3.95. The number of H-pyrrole nitrogens is 1. The highest BCUT2D eigenvalue weighted by atomic mass is 79.9. The Morgan fingerprint density at radius 3 is 2.48 bits per heavy atom. The molecule has 0 aliphatic heterocycles. The molecule has 0 aliphatic rings. The number of nitrogens with one attached hydrogen (secondary N) is 3. The van der Waals surface area contributed by atoms with Gasteiger partial charge < -0.3 is 5.32 Å². The van der Waals surface area contributed by atoms with Gasteiger partial charge in [0.25, 0.3) is 5.91 Å². The summed E-state index contributed by atoms with van der Waals surface area (Å²) in [7, 11) is 0. The number of benzene rings is 1. The summed E-state index contributed by atoms with van der Waals surface area (Å²) in [5.41, 5.74) is 3.53. The first-order valence-corrected chi connectivity index (χ1v) is 9.91. The lowest BCUT2D eigenvalue weighted by Crippen LogP contribution is -2.13. The monoisotopic (exact) mass is 447 g/mol. The van der Waals surface area contributed by atoms with E-state index in [1.165, 1.54) is 18.3 Å². The molecule has 1 aromatic carbocycles. The molecule has 7 nitrogen and oxygen atoms in total. The van der Waals surface area contributed by atoms with Gasteiger partial charge in [-0.1, -0.05) is 26.0 Å². The van der Waals surface area contributed by atoms with E-state index in [-0.39, 0.29) is 17.7 Å². The summed E-state index contributed by atoms with van der Waals surface area (Å²) >= 11 is 4.77. The number of aromatic amines is 1. The second kappa shape index (κ2) is 8.01. The van der Waals surface area contributed by atoms with Gasteiger partial charge in [-0.15, -0.1) is 11.3 Å². The molecule has 3 rings (SSSR count). The molecule has 0 radical (unpaired) electrons. The van der Waals surface area contributed by atoms with Crippen molar-refractivity contribution in [2.75, 3.05) is 10.6 Å². The Bertz CT molecular complexity index is 978. The minimum atomic E-state index is -0.327. The number of rotatable bonds is 5. The van der Waals surface area contributed by atoms with E-state index in [1.54, 1.807) is 0 Å². The summed E-state index contributed by atoms with van der Waals surface area (Å²) in [6.45, 7) is 5.50. The molecule has 0 atom stereocenters. The van der Waals surface area contributed by atoms with Crippen LogP contribution in [0.2, 0.25) is 0 Å². The molecule has 0 bridgehead atoms. The highest BCUT2D eigenvalue weighted by molar-refractivity contribution is 9.10. The molecule has 27 heavy (non-hydrogen) atoms. The van der Waals surface area contributed by atoms with E-state index in [2.05, 4.69) is 41.7 Å². The van der Waals surface area contributed by atoms with Crippen molar-refractivity contribution in [3.63, 3.8) is 0 Å². The second-order valence-corrected chi connectivity index (χ2v) is 7.86. The zero-order valence-corrected chi connectivity index (χ0v) is 17.4. The third-order valence-corrected chi connectivity index (χ3v) is 5.31. The molecule has 2 aromatic heterocycles. The van der Waals surface area contributed by atoms with Crippen LogP contribution in [0.1, 0.15) is 42.9 Å². The molecular formula is C18H18BrN5O2S. The lowest BCUT2D eigenvalue weighted by atomic mass is 10.1. The maximum absolute atomic E-state index is 12.5. The van der Waals surface area contributed by atoms with Crippen LogP contribution in [0.15, 0.2) is 34.1 Å². The number of halogens is 1. The number of carbonyl (C=O) groups excluding carboxylic acids is 2. The maximum atomic E-state index is 12.5. The zero-order chi connectivity index (χ0) is 19.6. The van der Waals surface area contributed by atoms with Crippen LogP contribution in [0.25, 0.3) is 11.3 Å². The predicted octanol–water partition coefficient (Wildman–Crippen LogP) is 4.63. The second-order valence-electron chi connectivity index (χ2n) is 6.21. The molecule has 2 heterocycles. The zero-order valence-electron chi connectivity index (χ0n) is 15.0. The number of anilines is 2. The summed E-state index contributed by atoms with van der Waals surface area (Å²) in [6, 6.07) is 7.35. The standard InChI is InChI=1S/C18H18BrN5O2S/c1-9(2)15-14(19)16(24-23-15)17(26)22-18-21-13(8-27-18)11-4-6-12(7-5-11)20-10(3)25/h4-9H,1-3H3,(H,20,25)(H,23,24)(H,21,22,26). The van der Waals surface area contributed by atoms with Crippen LogP contribution in [0.3, 0.4) is 0 Å². The van der Waals surface area contributed by atoms with Crippen molar-refractivity contribution < 1.29 is 9.59 Å². The normalized spacial score (nSPS) is 10.9. The minimum Gasteiger partial charge on any atom is -0.326 e. The number of amides is 2. The lowest BCUT2D eigenvalue weighted by Gasteiger charge is -2.03. The molecule has 0 saturated heterocycles. The van der Waals surface area contributed by atoms with E-state index < -0.39 is 0 Å². The fourth-order valence-electron chi connectivity index (χ4n) is 2.42. The molecule has 0 aliphatic carbocycles. The molecule has 0 saturated carbocycles. The number of thiazole rings is 1. The Labute approximate surface area is 168 Å². The molecule has 140 valence electrons. The van der Waals surface area contributed by atoms with Gasteiger partial charge in [0.05, 0.1) is 15.9 Å². The number of aromatic nitrogens is 3. The molecule has 0 spiro atoms. The van der Waals surface area contributed by atoms with Gasteiger partial charge in [0, 0.05) is 23.6 Å². The number of hydrogen-bond donors (Lipinski definition) is 3. The first kappa shape index (κ1) is 19.2. The highest BCUT2D eigenvalue weighted by Gasteiger charge is 2.20. The summed E-state index contributed by atoms with van der Waals surface area (Å²) < 4.78 is 0.667. The van der Waals surface area contributed by atoms with Gasteiger partial charge in [-0.3, -0.25) is 20.0 Å². The Kier molecular flexibility index (Phi) is 5.71. The number of nitrogens with zero attached hydrogens (tertiary/aromatic N) is 2.